The molecule has 0 saturated carbocycles. The van der Waals surface area contributed by atoms with Gasteiger partial charge in [-0.1, -0.05) is 31.2 Å². The molecular formula is C16H17BrN2. The molecule has 1 heterocycles. The molecule has 2 atom stereocenters. The smallest absolute Gasteiger partial charge is 0.106 e. The highest BCUT2D eigenvalue weighted by Gasteiger charge is 2.24. The van der Waals surface area contributed by atoms with Gasteiger partial charge in [0.25, 0.3) is 0 Å². The highest BCUT2D eigenvalue weighted by atomic mass is 79.9. The Morgan fingerprint density at radius 3 is 2.63 bits per heavy atom. The van der Waals surface area contributed by atoms with Gasteiger partial charge in [-0.3, -0.25) is 0 Å². The Hall–Kier alpha value is -1.35. The van der Waals surface area contributed by atoms with Crippen molar-refractivity contribution < 1.29 is 0 Å². The van der Waals surface area contributed by atoms with Crippen LogP contribution in [0.25, 0.3) is 0 Å². The molecule has 2 aromatic rings. The van der Waals surface area contributed by atoms with Crippen LogP contribution in [0.15, 0.2) is 47.2 Å². The van der Waals surface area contributed by atoms with E-state index >= 15 is 0 Å². The molecule has 98 valence electrons. The van der Waals surface area contributed by atoms with Gasteiger partial charge in [0.15, 0.2) is 0 Å². The number of fused-ring (bicyclic) bond motifs is 1. The van der Waals surface area contributed by atoms with Gasteiger partial charge in [-0.25, -0.2) is 4.98 Å². The van der Waals surface area contributed by atoms with Crippen molar-refractivity contribution in [3.05, 3.63) is 58.3 Å². The van der Waals surface area contributed by atoms with Crippen LogP contribution in [0.2, 0.25) is 0 Å². The number of pyridine rings is 1. The lowest BCUT2D eigenvalue weighted by Crippen LogP contribution is -2.19. The number of nitrogens with one attached hydrogen (secondary N) is 1. The van der Waals surface area contributed by atoms with Crippen LogP contribution in [0.4, 0.5) is 5.69 Å². The Morgan fingerprint density at radius 1 is 1.11 bits per heavy atom. The molecule has 0 fully saturated rings. The van der Waals surface area contributed by atoms with Crippen molar-refractivity contribution in [3.63, 3.8) is 0 Å². The van der Waals surface area contributed by atoms with Crippen LogP contribution in [-0.4, -0.2) is 4.98 Å². The van der Waals surface area contributed by atoms with Crippen molar-refractivity contribution in [2.75, 3.05) is 5.32 Å². The number of nitrogens with zero attached hydrogens (tertiary/aromatic N) is 1. The fraction of sp³-hybridized carbons (Fsp3) is 0.312. The maximum absolute atomic E-state index is 4.27. The van der Waals surface area contributed by atoms with E-state index in [-0.39, 0.29) is 0 Å². The number of aromatic nitrogens is 1. The van der Waals surface area contributed by atoms with Crippen LogP contribution >= 0.6 is 15.9 Å². The van der Waals surface area contributed by atoms with Gasteiger partial charge in [-0.05, 0) is 57.9 Å². The van der Waals surface area contributed by atoms with Gasteiger partial charge in [0.2, 0.25) is 0 Å². The maximum Gasteiger partial charge on any atom is 0.106 e. The van der Waals surface area contributed by atoms with Gasteiger partial charge in [0.05, 0.1) is 17.9 Å². The number of rotatable bonds is 2. The van der Waals surface area contributed by atoms with E-state index in [1.54, 1.807) is 0 Å². The van der Waals surface area contributed by atoms with Crippen molar-refractivity contribution in [2.24, 2.45) is 0 Å². The summed E-state index contributed by atoms with van der Waals surface area (Å²) in [5, 5.41) is 3.60. The second-order valence-electron chi connectivity index (χ2n) is 5.17. The summed E-state index contributed by atoms with van der Waals surface area (Å²) in [6.45, 7) is 2.32. The summed E-state index contributed by atoms with van der Waals surface area (Å²) in [6.07, 6.45) is 4.29. The molecule has 1 aromatic heterocycles. The zero-order valence-corrected chi connectivity index (χ0v) is 12.5. The molecule has 0 saturated heterocycles. The quantitative estimate of drug-likeness (QED) is 0.797. The molecule has 0 radical (unpaired) electrons. The molecule has 19 heavy (non-hydrogen) atoms. The van der Waals surface area contributed by atoms with Crippen LogP contribution in [0, 0.1) is 0 Å². The number of anilines is 1. The molecule has 3 heteroatoms. The fourth-order valence-electron chi connectivity index (χ4n) is 2.82. The number of halogens is 1. The third-order valence-electron chi connectivity index (χ3n) is 3.86. The lowest BCUT2D eigenvalue weighted by atomic mass is 9.81. The lowest BCUT2D eigenvalue weighted by Gasteiger charge is -2.30. The largest absolute Gasteiger partial charge is 0.377 e. The predicted octanol–water partition coefficient (Wildman–Crippen LogP) is 4.89. The van der Waals surface area contributed by atoms with Crippen molar-refractivity contribution in [1.82, 2.24) is 4.98 Å². The summed E-state index contributed by atoms with van der Waals surface area (Å²) < 4.78 is 0.871. The number of hydrogen-bond donors (Lipinski definition) is 1. The van der Waals surface area contributed by atoms with Gasteiger partial charge in [0.1, 0.15) is 4.60 Å². The van der Waals surface area contributed by atoms with E-state index in [0.29, 0.717) is 12.0 Å². The topological polar surface area (TPSA) is 24.9 Å². The van der Waals surface area contributed by atoms with E-state index in [2.05, 4.69) is 63.5 Å². The van der Waals surface area contributed by atoms with Gasteiger partial charge < -0.3 is 5.32 Å². The zero-order chi connectivity index (χ0) is 13.2. The molecule has 1 aliphatic carbocycles. The van der Waals surface area contributed by atoms with Crippen LogP contribution in [0.1, 0.15) is 42.9 Å². The van der Waals surface area contributed by atoms with E-state index in [9.17, 15) is 0 Å². The predicted molar refractivity (Wildman–Crippen MR) is 82.4 cm³/mol. The van der Waals surface area contributed by atoms with E-state index in [4.69, 9.17) is 0 Å². The Kier molecular flexibility index (Phi) is 3.56. The molecule has 1 aliphatic rings. The Labute approximate surface area is 122 Å². The number of benzene rings is 1. The second kappa shape index (κ2) is 5.33. The molecule has 1 N–H and O–H groups in total. The number of hydrogen-bond acceptors (Lipinski definition) is 2. The van der Waals surface area contributed by atoms with E-state index < -0.39 is 0 Å². The lowest BCUT2D eigenvalue weighted by molar-refractivity contribution is 0.534. The minimum Gasteiger partial charge on any atom is -0.377 e. The third-order valence-corrected chi connectivity index (χ3v) is 4.33. The monoisotopic (exact) mass is 316 g/mol. The first-order valence-corrected chi connectivity index (χ1v) is 7.50. The van der Waals surface area contributed by atoms with Crippen molar-refractivity contribution in [1.29, 1.82) is 0 Å². The van der Waals surface area contributed by atoms with E-state index in [0.717, 1.165) is 10.3 Å². The summed E-state index contributed by atoms with van der Waals surface area (Å²) in [5.41, 5.74) is 4.00. The summed E-state index contributed by atoms with van der Waals surface area (Å²) in [7, 11) is 0. The average Bonchev–Trinajstić information content (AvgIpc) is 2.45. The summed E-state index contributed by atoms with van der Waals surface area (Å²) in [5.74, 6) is 0.664. The minimum atomic E-state index is 0.398. The Balaban J connectivity index is 1.86. The first-order chi connectivity index (χ1) is 9.24. The summed E-state index contributed by atoms with van der Waals surface area (Å²) in [6, 6.07) is 13.2. The normalized spacial score (nSPS) is 21.8. The fourth-order valence-corrected chi connectivity index (χ4v) is 3.05. The Morgan fingerprint density at radius 2 is 1.89 bits per heavy atom. The van der Waals surface area contributed by atoms with Crippen molar-refractivity contribution in [2.45, 2.75) is 31.7 Å². The van der Waals surface area contributed by atoms with E-state index in [1.165, 1.54) is 24.0 Å². The highest BCUT2D eigenvalue weighted by Crippen LogP contribution is 2.38. The molecule has 3 rings (SSSR count). The first kappa shape index (κ1) is 12.7. The molecule has 0 aliphatic heterocycles. The minimum absolute atomic E-state index is 0.398. The summed E-state index contributed by atoms with van der Waals surface area (Å²) >= 11 is 3.37. The molecule has 0 bridgehead atoms. The van der Waals surface area contributed by atoms with E-state index in [1.807, 2.05) is 12.3 Å². The molecular weight excluding hydrogens is 300 g/mol. The first-order valence-electron chi connectivity index (χ1n) is 6.71. The molecule has 1 aromatic carbocycles. The molecule has 0 spiro atoms. The van der Waals surface area contributed by atoms with Crippen LogP contribution in [0.5, 0.6) is 0 Å². The SMILES string of the molecule is CC1CCC(Nc2ccc(Br)nc2)c2ccccc21. The highest BCUT2D eigenvalue weighted by molar-refractivity contribution is 9.10. The third kappa shape index (κ3) is 2.66. The van der Waals surface area contributed by atoms with Crippen LogP contribution in [0.3, 0.4) is 0 Å². The van der Waals surface area contributed by atoms with Crippen molar-refractivity contribution in [3.8, 4) is 0 Å². The van der Waals surface area contributed by atoms with Crippen LogP contribution in [-0.2, 0) is 0 Å². The second-order valence-corrected chi connectivity index (χ2v) is 5.99. The van der Waals surface area contributed by atoms with Gasteiger partial charge in [-0.15, -0.1) is 0 Å². The molecule has 2 nitrogen and oxygen atoms in total. The molecule has 2 unspecified atom stereocenters. The summed E-state index contributed by atoms with van der Waals surface area (Å²) in [4.78, 5) is 4.27. The van der Waals surface area contributed by atoms with Gasteiger partial charge >= 0.3 is 0 Å². The van der Waals surface area contributed by atoms with Gasteiger partial charge in [0, 0.05) is 0 Å². The molecule has 0 amide bonds. The van der Waals surface area contributed by atoms with Gasteiger partial charge in [-0.2, -0.15) is 0 Å². The standard InChI is InChI=1S/C16H17BrN2/c1-11-6-8-15(14-5-3-2-4-13(11)14)19-12-7-9-16(17)18-10-12/h2-5,7,9-11,15,19H,6,8H2,1H3. The Bertz CT molecular complexity index is 565. The zero-order valence-electron chi connectivity index (χ0n) is 10.9. The van der Waals surface area contributed by atoms with Crippen molar-refractivity contribution >= 4 is 21.6 Å². The average molecular weight is 317 g/mol. The maximum atomic E-state index is 4.27. The van der Waals surface area contributed by atoms with Crippen LogP contribution < -0.4 is 5.32 Å².